The van der Waals surface area contributed by atoms with Crippen molar-refractivity contribution in [3.05, 3.63) is 40.5 Å². The molecule has 0 N–H and O–H groups in total. The molecule has 0 aliphatic carbocycles. The molecule has 0 aliphatic rings. The number of allylic oxidation sites excluding steroid dienone is 1. The van der Waals surface area contributed by atoms with E-state index in [-0.39, 0.29) is 0 Å². The van der Waals surface area contributed by atoms with Gasteiger partial charge >= 0.3 is 0 Å². The van der Waals surface area contributed by atoms with Crippen molar-refractivity contribution in [1.82, 2.24) is 0 Å². The van der Waals surface area contributed by atoms with Crippen molar-refractivity contribution >= 4 is 6.08 Å². The Labute approximate surface area is 81.3 Å². The molecule has 0 heteroatoms. The maximum atomic E-state index is 2.24. The first-order chi connectivity index (χ1) is 6.15. The molecule has 0 atom stereocenters. The summed E-state index contributed by atoms with van der Waals surface area (Å²) >= 11 is 0. The minimum atomic E-state index is 1.10. The number of hydrogen-bond acceptors (Lipinski definition) is 0. The molecule has 0 radical (unpaired) electrons. The Morgan fingerprint density at radius 2 is 1.62 bits per heavy atom. The summed E-state index contributed by atoms with van der Waals surface area (Å²) in [6.07, 6.45) is 5.54. The van der Waals surface area contributed by atoms with Crippen LogP contribution in [0.3, 0.4) is 0 Å². The van der Waals surface area contributed by atoms with E-state index in [0.717, 1.165) is 6.42 Å². The molecule has 13 heavy (non-hydrogen) atoms. The molecule has 0 fully saturated rings. The van der Waals surface area contributed by atoms with Crippen LogP contribution in [-0.4, -0.2) is 0 Å². The molecule has 0 unspecified atom stereocenters. The number of aryl methyl sites for hydroxylation is 3. The molecule has 1 aromatic carbocycles. The van der Waals surface area contributed by atoms with Gasteiger partial charge in [0.05, 0.1) is 0 Å². The van der Waals surface area contributed by atoms with Gasteiger partial charge in [-0.1, -0.05) is 36.8 Å². The molecule has 0 saturated carbocycles. The van der Waals surface area contributed by atoms with Crippen molar-refractivity contribution in [2.75, 3.05) is 0 Å². The zero-order chi connectivity index (χ0) is 9.84. The molecule has 1 aromatic rings. The Bertz CT molecular complexity index is 296. The highest BCUT2D eigenvalue weighted by atomic mass is 14.0. The minimum absolute atomic E-state index is 1.10. The third kappa shape index (κ3) is 2.45. The van der Waals surface area contributed by atoms with Crippen LogP contribution in [0.15, 0.2) is 18.2 Å². The lowest BCUT2D eigenvalue weighted by Gasteiger charge is -2.06. The average molecular weight is 174 g/mol. The van der Waals surface area contributed by atoms with Gasteiger partial charge in [0.15, 0.2) is 0 Å². The fraction of sp³-hybridized carbons (Fsp3) is 0.385. The van der Waals surface area contributed by atoms with Crippen LogP contribution in [0.1, 0.15) is 35.6 Å². The lowest BCUT2D eigenvalue weighted by Crippen LogP contribution is -1.87. The van der Waals surface area contributed by atoms with Gasteiger partial charge in [-0.2, -0.15) is 0 Å². The zero-order valence-corrected chi connectivity index (χ0v) is 9.02. The van der Waals surface area contributed by atoms with Crippen molar-refractivity contribution in [1.29, 1.82) is 0 Å². The Morgan fingerprint density at radius 1 is 1.08 bits per heavy atom. The Morgan fingerprint density at radius 3 is 2.08 bits per heavy atom. The Hall–Kier alpha value is -1.04. The Kier molecular flexibility index (Phi) is 3.30. The topological polar surface area (TPSA) is 0 Å². The van der Waals surface area contributed by atoms with E-state index in [1.54, 1.807) is 0 Å². The van der Waals surface area contributed by atoms with Crippen molar-refractivity contribution in [2.24, 2.45) is 0 Å². The van der Waals surface area contributed by atoms with Crippen LogP contribution in [-0.2, 0) is 0 Å². The SMILES string of the molecule is CC/C=C/c1c(C)cc(C)cc1C. The van der Waals surface area contributed by atoms with Crippen LogP contribution in [0.25, 0.3) is 6.08 Å². The molecule has 0 heterocycles. The Balaban J connectivity index is 3.13. The van der Waals surface area contributed by atoms with Gasteiger partial charge in [0.2, 0.25) is 0 Å². The van der Waals surface area contributed by atoms with Crippen molar-refractivity contribution in [3.8, 4) is 0 Å². The first-order valence-corrected chi connectivity index (χ1v) is 4.89. The maximum Gasteiger partial charge on any atom is -0.0201 e. The molecule has 0 amide bonds. The third-order valence-electron chi connectivity index (χ3n) is 2.26. The molecule has 0 aromatic heterocycles. The summed E-state index contributed by atoms with van der Waals surface area (Å²) in [5.41, 5.74) is 5.49. The highest BCUT2D eigenvalue weighted by Crippen LogP contribution is 2.17. The van der Waals surface area contributed by atoms with Gasteiger partial charge < -0.3 is 0 Å². The van der Waals surface area contributed by atoms with E-state index in [2.05, 4.69) is 52.0 Å². The molecule has 1 rings (SSSR count). The number of benzene rings is 1. The second kappa shape index (κ2) is 4.27. The van der Waals surface area contributed by atoms with Crippen LogP contribution in [0.4, 0.5) is 0 Å². The predicted molar refractivity (Wildman–Crippen MR) is 60.0 cm³/mol. The first kappa shape index (κ1) is 10.0. The summed E-state index contributed by atoms with van der Waals surface area (Å²) in [6, 6.07) is 4.48. The standard InChI is InChI=1S/C13H18/c1-5-6-7-13-11(3)8-10(2)9-12(13)4/h6-9H,5H2,1-4H3/b7-6+. The normalized spacial score (nSPS) is 11.1. The van der Waals surface area contributed by atoms with E-state index in [1.807, 2.05) is 0 Å². The highest BCUT2D eigenvalue weighted by Gasteiger charge is 1.98. The highest BCUT2D eigenvalue weighted by molar-refractivity contribution is 5.58. The molecule has 0 saturated heterocycles. The van der Waals surface area contributed by atoms with Gasteiger partial charge in [0.1, 0.15) is 0 Å². The van der Waals surface area contributed by atoms with Crippen molar-refractivity contribution in [3.63, 3.8) is 0 Å². The minimum Gasteiger partial charge on any atom is -0.0842 e. The lowest BCUT2D eigenvalue weighted by molar-refractivity contribution is 1.23. The summed E-state index contributed by atoms with van der Waals surface area (Å²) in [4.78, 5) is 0. The quantitative estimate of drug-likeness (QED) is 0.635. The van der Waals surface area contributed by atoms with Gasteiger partial charge in [-0.05, 0) is 43.9 Å². The fourth-order valence-electron chi connectivity index (χ4n) is 1.69. The summed E-state index contributed by atoms with van der Waals surface area (Å²) in [7, 11) is 0. The van der Waals surface area contributed by atoms with E-state index in [9.17, 15) is 0 Å². The van der Waals surface area contributed by atoms with E-state index in [0.29, 0.717) is 0 Å². The predicted octanol–water partition coefficient (Wildman–Crippen LogP) is 4.04. The van der Waals surface area contributed by atoms with Crippen LogP contribution in [0.5, 0.6) is 0 Å². The van der Waals surface area contributed by atoms with Crippen molar-refractivity contribution < 1.29 is 0 Å². The molecule has 0 spiro atoms. The second-order valence-electron chi connectivity index (χ2n) is 3.62. The van der Waals surface area contributed by atoms with E-state index in [1.165, 1.54) is 22.3 Å². The van der Waals surface area contributed by atoms with E-state index >= 15 is 0 Å². The van der Waals surface area contributed by atoms with Crippen LogP contribution < -0.4 is 0 Å². The maximum absolute atomic E-state index is 2.24. The lowest BCUT2D eigenvalue weighted by atomic mass is 9.99. The van der Waals surface area contributed by atoms with Crippen LogP contribution in [0, 0.1) is 20.8 Å². The summed E-state index contributed by atoms with van der Waals surface area (Å²) < 4.78 is 0. The van der Waals surface area contributed by atoms with Gasteiger partial charge in [-0.15, -0.1) is 0 Å². The molecule has 0 bridgehead atoms. The average Bonchev–Trinajstić information content (AvgIpc) is 2.02. The van der Waals surface area contributed by atoms with E-state index in [4.69, 9.17) is 0 Å². The van der Waals surface area contributed by atoms with Gasteiger partial charge in [0.25, 0.3) is 0 Å². The molecular weight excluding hydrogens is 156 g/mol. The third-order valence-corrected chi connectivity index (χ3v) is 2.26. The first-order valence-electron chi connectivity index (χ1n) is 4.89. The van der Waals surface area contributed by atoms with Crippen LogP contribution in [0.2, 0.25) is 0 Å². The summed E-state index contributed by atoms with van der Waals surface area (Å²) in [5, 5.41) is 0. The van der Waals surface area contributed by atoms with Crippen LogP contribution >= 0.6 is 0 Å². The summed E-state index contributed by atoms with van der Waals surface area (Å²) in [5.74, 6) is 0. The van der Waals surface area contributed by atoms with E-state index < -0.39 is 0 Å². The largest absolute Gasteiger partial charge is 0.0842 e. The molecular formula is C13H18. The summed E-state index contributed by atoms with van der Waals surface area (Å²) in [6.45, 7) is 8.66. The molecule has 0 aliphatic heterocycles. The monoisotopic (exact) mass is 174 g/mol. The molecule has 70 valence electrons. The fourth-order valence-corrected chi connectivity index (χ4v) is 1.69. The zero-order valence-electron chi connectivity index (χ0n) is 9.02. The number of rotatable bonds is 2. The second-order valence-corrected chi connectivity index (χ2v) is 3.62. The van der Waals surface area contributed by atoms with Gasteiger partial charge in [0, 0.05) is 0 Å². The smallest absolute Gasteiger partial charge is 0.0201 e. The van der Waals surface area contributed by atoms with Gasteiger partial charge in [-0.25, -0.2) is 0 Å². The molecule has 0 nitrogen and oxygen atoms in total. The number of hydrogen-bond donors (Lipinski definition) is 0. The van der Waals surface area contributed by atoms with Crippen molar-refractivity contribution in [2.45, 2.75) is 34.1 Å². The van der Waals surface area contributed by atoms with Gasteiger partial charge in [-0.3, -0.25) is 0 Å².